The zero-order valence-electron chi connectivity index (χ0n) is 15.7. The lowest BCUT2D eigenvalue weighted by Crippen LogP contribution is -2.50. The maximum atomic E-state index is 14.3. The molecule has 0 unspecified atom stereocenters. The zero-order valence-corrected chi connectivity index (χ0v) is 15.7. The van der Waals surface area contributed by atoms with E-state index >= 15 is 0 Å². The van der Waals surface area contributed by atoms with Crippen LogP contribution >= 0.6 is 0 Å². The fraction of sp³-hybridized carbons (Fsp3) is 0.278. The summed E-state index contributed by atoms with van der Waals surface area (Å²) in [6.07, 6.45) is -13.8. The van der Waals surface area contributed by atoms with Crippen LogP contribution in [-0.4, -0.2) is 23.4 Å². The van der Waals surface area contributed by atoms with Crippen molar-refractivity contribution in [3.05, 3.63) is 63.2 Å². The normalized spacial score (nSPS) is 12.4. The molecule has 0 atom stereocenters. The van der Waals surface area contributed by atoms with Crippen molar-refractivity contribution < 1.29 is 45.2 Å². The number of nitro groups is 1. The number of nitrogens with one attached hydrogen (secondary N) is 1. The van der Waals surface area contributed by atoms with Gasteiger partial charge in [-0.05, 0) is 43.2 Å². The Bertz CT molecular complexity index is 982. The number of ether oxygens (including phenoxy) is 1. The number of rotatable bonds is 4. The summed E-state index contributed by atoms with van der Waals surface area (Å²) in [6.45, 7) is 2.05. The topological polar surface area (TPSA) is 81.5 Å². The first-order valence-electron chi connectivity index (χ1n) is 8.25. The van der Waals surface area contributed by atoms with E-state index in [-0.39, 0.29) is 34.6 Å². The summed E-state index contributed by atoms with van der Waals surface area (Å²) in [7, 11) is 0. The predicted molar refractivity (Wildman–Crippen MR) is 93.6 cm³/mol. The fourth-order valence-corrected chi connectivity index (χ4v) is 2.73. The number of hydrogen-bond acceptors (Lipinski definition) is 4. The summed E-state index contributed by atoms with van der Waals surface area (Å²) >= 11 is 0. The number of amides is 1. The minimum atomic E-state index is -6.29. The Morgan fingerprint density at radius 2 is 1.48 bits per heavy atom. The van der Waals surface area contributed by atoms with Gasteiger partial charge in [0.15, 0.2) is 0 Å². The van der Waals surface area contributed by atoms with Crippen molar-refractivity contribution >= 4 is 17.5 Å². The Hall–Kier alpha value is -3.38. The van der Waals surface area contributed by atoms with E-state index < -0.39 is 40.4 Å². The molecule has 0 saturated heterocycles. The highest BCUT2D eigenvalue weighted by molar-refractivity contribution is 5.87. The molecule has 2 aromatic carbocycles. The van der Waals surface area contributed by atoms with Crippen LogP contribution in [0.15, 0.2) is 36.4 Å². The van der Waals surface area contributed by atoms with Gasteiger partial charge in [0, 0.05) is 17.7 Å². The fourth-order valence-electron chi connectivity index (χ4n) is 2.73. The molecule has 13 heteroatoms. The highest BCUT2D eigenvalue weighted by Crippen LogP contribution is 2.53. The lowest BCUT2D eigenvalue weighted by Gasteiger charge is -2.31. The average molecular weight is 454 g/mol. The quantitative estimate of drug-likeness (QED) is 0.343. The first-order valence-corrected chi connectivity index (χ1v) is 8.25. The molecule has 0 radical (unpaired) electrons. The Kier molecular flexibility index (Phi) is 6.20. The summed E-state index contributed by atoms with van der Waals surface area (Å²) in [5, 5.41) is 12.9. The molecular weight excluding hydrogens is 441 g/mol. The van der Waals surface area contributed by atoms with Crippen molar-refractivity contribution in [1.82, 2.24) is 0 Å². The van der Waals surface area contributed by atoms with Crippen molar-refractivity contribution in [3.63, 3.8) is 0 Å². The van der Waals surface area contributed by atoms with Gasteiger partial charge in [-0.3, -0.25) is 15.4 Å². The number of anilines is 1. The van der Waals surface area contributed by atoms with E-state index in [4.69, 9.17) is 4.74 Å². The summed E-state index contributed by atoms with van der Waals surface area (Å²) < 4.78 is 96.9. The van der Waals surface area contributed by atoms with E-state index in [0.29, 0.717) is 0 Å². The first-order chi connectivity index (χ1) is 14.1. The van der Waals surface area contributed by atoms with Crippen LogP contribution in [0.25, 0.3) is 0 Å². The van der Waals surface area contributed by atoms with E-state index in [1.807, 2.05) is 0 Å². The third-order valence-electron chi connectivity index (χ3n) is 4.14. The van der Waals surface area contributed by atoms with Gasteiger partial charge in [-0.2, -0.15) is 26.3 Å². The molecule has 0 heterocycles. The van der Waals surface area contributed by atoms with Gasteiger partial charge in [-0.25, -0.2) is 9.18 Å². The maximum absolute atomic E-state index is 14.3. The van der Waals surface area contributed by atoms with Crippen LogP contribution < -0.4 is 10.1 Å². The van der Waals surface area contributed by atoms with Crippen molar-refractivity contribution in [2.45, 2.75) is 31.9 Å². The predicted octanol–water partition coefficient (Wildman–Crippen LogP) is 6.11. The molecule has 0 saturated carbocycles. The summed E-state index contributed by atoms with van der Waals surface area (Å²) in [5.41, 5.74) is -8.50. The molecule has 168 valence electrons. The number of carbonyl (C=O) groups is 1. The van der Waals surface area contributed by atoms with Gasteiger partial charge < -0.3 is 4.74 Å². The van der Waals surface area contributed by atoms with Gasteiger partial charge in [0.2, 0.25) is 0 Å². The second-order valence-corrected chi connectivity index (χ2v) is 6.42. The Balaban J connectivity index is 2.35. The molecule has 0 fully saturated rings. The molecule has 2 rings (SSSR count). The molecule has 0 aromatic heterocycles. The number of aryl methyl sites for hydroxylation is 2. The van der Waals surface area contributed by atoms with Crippen molar-refractivity contribution in [2.75, 3.05) is 5.32 Å². The third kappa shape index (κ3) is 4.70. The molecule has 0 bridgehead atoms. The monoisotopic (exact) mass is 454 g/mol. The molecular formula is C18H13F7N2O4. The molecule has 1 amide bonds. The van der Waals surface area contributed by atoms with Crippen molar-refractivity contribution in [1.29, 1.82) is 0 Å². The zero-order chi connectivity index (χ0) is 23.8. The number of benzene rings is 2. The molecule has 0 aliphatic heterocycles. The largest absolute Gasteiger partial charge is 0.435 e. The second-order valence-electron chi connectivity index (χ2n) is 6.42. The SMILES string of the molecule is Cc1cc(C(F)(C(F)(F)F)C(F)(F)F)cc(C)c1OC(=O)Nc1cccc([N+](=O)[O-])c1. The number of alkyl halides is 7. The Morgan fingerprint density at radius 1 is 0.968 bits per heavy atom. The second kappa shape index (κ2) is 8.04. The number of nitrogens with zero attached hydrogens (tertiary/aromatic N) is 1. The standard InChI is InChI=1S/C18H13F7N2O4/c1-9-6-11(16(19,17(20,21)22)18(23,24)25)7-10(2)14(9)31-15(28)26-12-4-3-5-13(8-12)27(29)30/h3-8H,1-2H3,(H,26,28). The van der Waals surface area contributed by atoms with E-state index in [1.54, 1.807) is 0 Å². The van der Waals surface area contributed by atoms with Gasteiger partial charge in [-0.1, -0.05) is 6.07 Å². The Labute approximate surface area is 169 Å². The van der Waals surface area contributed by atoms with Gasteiger partial charge in [0.05, 0.1) is 10.6 Å². The summed E-state index contributed by atoms with van der Waals surface area (Å²) in [6, 6.07) is 5.24. The highest BCUT2D eigenvalue weighted by atomic mass is 19.4. The van der Waals surface area contributed by atoms with Crippen molar-refractivity contribution in [3.8, 4) is 5.75 Å². The van der Waals surface area contributed by atoms with E-state index in [9.17, 15) is 45.6 Å². The van der Waals surface area contributed by atoms with Crippen LogP contribution in [0, 0.1) is 24.0 Å². The van der Waals surface area contributed by atoms with Crippen LogP contribution in [0.4, 0.5) is 46.9 Å². The number of nitro benzene ring substituents is 1. The highest BCUT2D eigenvalue weighted by Gasteiger charge is 2.73. The lowest BCUT2D eigenvalue weighted by molar-refractivity contribution is -0.384. The maximum Gasteiger partial charge on any atom is 0.435 e. The number of carbonyl (C=O) groups excluding carboxylic acids is 1. The molecule has 0 aliphatic rings. The van der Waals surface area contributed by atoms with E-state index in [0.717, 1.165) is 26.0 Å². The van der Waals surface area contributed by atoms with Gasteiger partial charge >= 0.3 is 24.1 Å². The molecule has 6 nitrogen and oxygen atoms in total. The summed E-state index contributed by atoms with van der Waals surface area (Å²) in [5.74, 6) is -0.404. The smallest absolute Gasteiger partial charge is 0.410 e. The molecule has 0 spiro atoms. The van der Waals surface area contributed by atoms with Gasteiger partial charge in [-0.15, -0.1) is 0 Å². The van der Waals surface area contributed by atoms with E-state index in [2.05, 4.69) is 5.32 Å². The minimum Gasteiger partial charge on any atom is -0.410 e. The van der Waals surface area contributed by atoms with Crippen LogP contribution in [0.3, 0.4) is 0 Å². The number of halogens is 7. The minimum absolute atomic E-state index is 0.0527. The number of non-ortho nitro benzene ring substituents is 1. The molecule has 31 heavy (non-hydrogen) atoms. The lowest BCUT2D eigenvalue weighted by atomic mass is 9.91. The third-order valence-corrected chi connectivity index (χ3v) is 4.14. The Morgan fingerprint density at radius 3 is 1.94 bits per heavy atom. The van der Waals surface area contributed by atoms with E-state index in [1.165, 1.54) is 12.1 Å². The van der Waals surface area contributed by atoms with Crippen LogP contribution in [0.5, 0.6) is 5.75 Å². The van der Waals surface area contributed by atoms with Crippen LogP contribution in [0.2, 0.25) is 0 Å². The average Bonchev–Trinajstić information content (AvgIpc) is 2.62. The molecule has 2 aromatic rings. The van der Waals surface area contributed by atoms with Crippen molar-refractivity contribution in [2.24, 2.45) is 0 Å². The number of hydrogen-bond donors (Lipinski definition) is 1. The van der Waals surface area contributed by atoms with Crippen LogP contribution in [0.1, 0.15) is 16.7 Å². The summed E-state index contributed by atoms with van der Waals surface area (Å²) in [4.78, 5) is 22.0. The van der Waals surface area contributed by atoms with Crippen LogP contribution in [-0.2, 0) is 5.67 Å². The van der Waals surface area contributed by atoms with Gasteiger partial charge in [0.1, 0.15) is 5.75 Å². The first kappa shape index (κ1) is 23.9. The van der Waals surface area contributed by atoms with Gasteiger partial charge in [0.25, 0.3) is 5.69 Å². The molecule has 0 aliphatic carbocycles. The molecule has 1 N–H and O–H groups in total.